The van der Waals surface area contributed by atoms with Gasteiger partial charge in [-0.05, 0) is 32.0 Å². The van der Waals surface area contributed by atoms with Gasteiger partial charge in [0.15, 0.2) is 0 Å². The Morgan fingerprint density at radius 1 is 1.24 bits per heavy atom. The minimum absolute atomic E-state index is 0.112. The van der Waals surface area contributed by atoms with Crippen molar-refractivity contribution >= 4 is 16.9 Å². The topological polar surface area (TPSA) is 89.0 Å². The van der Waals surface area contributed by atoms with Crippen LogP contribution in [0.25, 0.3) is 22.3 Å². The molecule has 1 aliphatic rings. The van der Waals surface area contributed by atoms with Crippen molar-refractivity contribution in [2.24, 2.45) is 0 Å². The van der Waals surface area contributed by atoms with E-state index in [1.165, 1.54) is 0 Å². The van der Waals surface area contributed by atoms with E-state index in [1.54, 1.807) is 6.20 Å². The quantitative estimate of drug-likeness (QED) is 0.777. The number of rotatable bonds is 4. The lowest BCUT2D eigenvalue weighted by Crippen LogP contribution is -2.37. The van der Waals surface area contributed by atoms with Crippen LogP contribution in [0, 0.1) is 0 Å². The Labute approximate surface area is 145 Å². The first kappa shape index (κ1) is 15.8. The molecule has 0 saturated carbocycles. The Morgan fingerprint density at radius 3 is 2.88 bits per heavy atom. The van der Waals surface area contributed by atoms with Crippen LogP contribution >= 0.6 is 0 Å². The molecule has 1 fully saturated rings. The molecule has 0 amide bonds. The number of hydrogen-bond acceptors (Lipinski definition) is 7. The summed E-state index contributed by atoms with van der Waals surface area (Å²) in [6.45, 7) is 6.88. The molecule has 3 aromatic rings. The molecule has 25 heavy (non-hydrogen) atoms. The molecule has 0 bridgehead atoms. The predicted molar refractivity (Wildman–Crippen MR) is 93.7 cm³/mol. The first-order chi connectivity index (χ1) is 12.2. The number of hydrogen-bond donors (Lipinski definition) is 1. The van der Waals surface area contributed by atoms with Crippen LogP contribution in [0.5, 0.6) is 5.75 Å². The minimum atomic E-state index is 0.112. The largest absolute Gasteiger partial charge is 0.491 e. The summed E-state index contributed by atoms with van der Waals surface area (Å²) in [6.07, 6.45) is 1.75. The molecule has 8 nitrogen and oxygen atoms in total. The Morgan fingerprint density at radius 2 is 2.08 bits per heavy atom. The van der Waals surface area contributed by atoms with E-state index in [0.29, 0.717) is 24.9 Å². The number of aromatic nitrogens is 5. The zero-order valence-electron chi connectivity index (χ0n) is 14.3. The summed E-state index contributed by atoms with van der Waals surface area (Å²) >= 11 is 0. The summed E-state index contributed by atoms with van der Waals surface area (Å²) in [6, 6.07) is 5.87. The fourth-order valence-corrected chi connectivity index (χ4v) is 2.84. The molecule has 1 aromatic carbocycles. The van der Waals surface area contributed by atoms with E-state index in [0.717, 1.165) is 35.4 Å². The summed E-state index contributed by atoms with van der Waals surface area (Å²) in [5.41, 5.74) is 2.36. The average Bonchev–Trinajstić information content (AvgIpc) is 3.05. The van der Waals surface area contributed by atoms with Gasteiger partial charge in [-0.1, -0.05) is 0 Å². The second-order valence-corrected chi connectivity index (χ2v) is 6.19. The maximum absolute atomic E-state index is 5.79. The maximum atomic E-state index is 5.79. The summed E-state index contributed by atoms with van der Waals surface area (Å²) in [5.74, 6) is 1.41. The number of nitrogens with zero attached hydrogens (tertiary/aromatic N) is 5. The minimum Gasteiger partial charge on any atom is -0.491 e. The second kappa shape index (κ2) is 6.64. The highest BCUT2D eigenvalue weighted by Gasteiger charge is 2.17. The van der Waals surface area contributed by atoms with Crippen LogP contribution in [0.2, 0.25) is 0 Å². The zero-order chi connectivity index (χ0) is 17.2. The summed E-state index contributed by atoms with van der Waals surface area (Å²) < 4.78 is 11.2. The molecular formula is C17H20N6O2. The highest BCUT2D eigenvalue weighted by Crippen LogP contribution is 2.29. The molecule has 8 heteroatoms. The van der Waals surface area contributed by atoms with Gasteiger partial charge in [0.1, 0.15) is 17.1 Å². The van der Waals surface area contributed by atoms with Crippen LogP contribution in [0.15, 0.2) is 24.4 Å². The van der Waals surface area contributed by atoms with E-state index in [4.69, 9.17) is 9.47 Å². The molecule has 1 aliphatic heterocycles. The number of ether oxygens (including phenoxy) is 2. The third-order valence-corrected chi connectivity index (χ3v) is 3.99. The molecule has 0 unspecified atom stereocenters. The number of H-pyrrole nitrogens is 1. The standard InChI is InChI=1S/C17H20N6O2/c1-11(2)25-12-3-4-14-13(9-12)16(21-20-14)15-10-18-22-17(19-15)23-5-7-24-8-6-23/h3-4,9-11H,5-8H2,1-2H3,(H,20,21). The number of anilines is 1. The lowest BCUT2D eigenvalue weighted by atomic mass is 10.1. The molecule has 3 heterocycles. The highest BCUT2D eigenvalue weighted by molar-refractivity contribution is 5.92. The Balaban J connectivity index is 1.71. The normalized spacial score (nSPS) is 15.1. The lowest BCUT2D eigenvalue weighted by Gasteiger charge is -2.26. The van der Waals surface area contributed by atoms with Gasteiger partial charge >= 0.3 is 0 Å². The van der Waals surface area contributed by atoms with Crippen LogP contribution in [0.1, 0.15) is 13.8 Å². The van der Waals surface area contributed by atoms with Gasteiger partial charge in [0.05, 0.1) is 31.0 Å². The van der Waals surface area contributed by atoms with Crippen molar-refractivity contribution in [3.05, 3.63) is 24.4 Å². The van der Waals surface area contributed by atoms with Crippen molar-refractivity contribution in [2.45, 2.75) is 20.0 Å². The van der Waals surface area contributed by atoms with E-state index in [-0.39, 0.29) is 6.10 Å². The van der Waals surface area contributed by atoms with Gasteiger partial charge in [-0.3, -0.25) is 5.10 Å². The van der Waals surface area contributed by atoms with Gasteiger partial charge in [-0.15, -0.1) is 5.10 Å². The molecule has 0 spiro atoms. The van der Waals surface area contributed by atoms with Crippen molar-refractivity contribution in [3.8, 4) is 17.1 Å². The molecule has 2 aromatic heterocycles. The molecule has 0 aliphatic carbocycles. The van der Waals surface area contributed by atoms with Gasteiger partial charge in [0.25, 0.3) is 0 Å². The summed E-state index contributed by atoms with van der Waals surface area (Å²) in [7, 11) is 0. The summed E-state index contributed by atoms with van der Waals surface area (Å²) in [5, 5.41) is 16.7. The second-order valence-electron chi connectivity index (χ2n) is 6.19. The van der Waals surface area contributed by atoms with E-state index >= 15 is 0 Å². The van der Waals surface area contributed by atoms with Crippen LogP contribution < -0.4 is 9.64 Å². The van der Waals surface area contributed by atoms with Crippen molar-refractivity contribution in [2.75, 3.05) is 31.2 Å². The fourth-order valence-electron chi connectivity index (χ4n) is 2.84. The fraction of sp³-hybridized carbons (Fsp3) is 0.412. The van der Waals surface area contributed by atoms with E-state index < -0.39 is 0 Å². The number of benzene rings is 1. The smallest absolute Gasteiger partial charge is 0.246 e. The van der Waals surface area contributed by atoms with Crippen molar-refractivity contribution < 1.29 is 9.47 Å². The third-order valence-electron chi connectivity index (χ3n) is 3.99. The molecule has 0 atom stereocenters. The van der Waals surface area contributed by atoms with Gasteiger partial charge in [0, 0.05) is 18.5 Å². The maximum Gasteiger partial charge on any atom is 0.246 e. The monoisotopic (exact) mass is 340 g/mol. The molecule has 130 valence electrons. The van der Waals surface area contributed by atoms with Crippen molar-refractivity contribution in [3.63, 3.8) is 0 Å². The molecule has 1 saturated heterocycles. The number of morpholine rings is 1. The Hall–Kier alpha value is -2.74. The van der Waals surface area contributed by atoms with Crippen LogP contribution in [0.3, 0.4) is 0 Å². The molecule has 1 N–H and O–H groups in total. The molecule has 0 radical (unpaired) electrons. The predicted octanol–water partition coefficient (Wildman–Crippen LogP) is 2.04. The Kier molecular flexibility index (Phi) is 4.19. The average molecular weight is 340 g/mol. The van der Waals surface area contributed by atoms with E-state index in [1.807, 2.05) is 32.0 Å². The van der Waals surface area contributed by atoms with Gasteiger partial charge < -0.3 is 14.4 Å². The third kappa shape index (κ3) is 3.25. The van der Waals surface area contributed by atoms with Crippen LogP contribution in [-0.2, 0) is 4.74 Å². The van der Waals surface area contributed by atoms with Gasteiger partial charge in [0.2, 0.25) is 5.95 Å². The van der Waals surface area contributed by atoms with Crippen molar-refractivity contribution in [1.82, 2.24) is 25.4 Å². The van der Waals surface area contributed by atoms with E-state index in [2.05, 4.69) is 30.3 Å². The number of nitrogens with one attached hydrogen (secondary N) is 1. The van der Waals surface area contributed by atoms with Crippen LogP contribution in [0.4, 0.5) is 5.95 Å². The Bertz CT molecular complexity index is 872. The zero-order valence-corrected chi connectivity index (χ0v) is 14.3. The summed E-state index contributed by atoms with van der Waals surface area (Å²) in [4.78, 5) is 6.72. The number of fused-ring (bicyclic) bond motifs is 1. The van der Waals surface area contributed by atoms with Crippen LogP contribution in [-0.4, -0.2) is 57.8 Å². The lowest BCUT2D eigenvalue weighted by molar-refractivity contribution is 0.122. The first-order valence-electron chi connectivity index (χ1n) is 8.38. The SMILES string of the molecule is CC(C)Oc1ccc2[nH]nc(-c3cnnc(N4CCOCC4)n3)c2c1. The number of aromatic amines is 1. The molecule has 4 rings (SSSR count). The highest BCUT2D eigenvalue weighted by atomic mass is 16.5. The van der Waals surface area contributed by atoms with Gasteiger partial charge in [-0.2, -0.15) is 10.2 Å². The van der Waals surface area contributed by atoms with Gasteiger partial charge in [-0.25, -0.2) is 4.98 Å². The van der Waals surface area contributed by atoms with E-state index in [9.17, 15) is 0 Å². The molecular weight excluding hydrogens is 320 g/mol. The van der Waals surface area contributed by atoms with Crippen molar-refractivity contribution in [1.29, 1.82) is 0 Å². The first-order valence-corrected chi connectivity index (χ1v) is 8.38.